The highest BCUT2D eigenvalue weighted by Gasteiger charge is 2.22. The van der Waals surface area contributed by atoms with Crippen LogP contribution < -0.4 is 5.32 Å². The third kappa shape index (κ3) is 42.7. The molecule has 0 aliphatic carbocycles. The number of rotatable bonds is 46. The zero-order valence-corrected chi connectivity index (χ0v) is 33.9. The maximum Gasteiger partial charge on any atom is 0.306 e. The average molecular weight is 794 g/mol. The molecular formula is C40H75NO14. The third-order valence-electron chi connectivity index (χ3n) is 8.52. The quantitative estimate of drug-likeness (QED) is 0.0677. The van der Waals surface area contributed by atoms with Gasteiger partial charge in [-0.05, 0) is 26.2 Å². The molecule has 0 aromatic heterocycles. The molecule has 0 saturated carbocycles. The van der Waals surface area contributed by atoms with E-state index in [1.807, 2.05) is 6.92 Å². The van der Waals surface area contributed by atoms with E-state index in [4.69, 9.17) is 43.0 Å². The first-order valence-electron chi connectivity index (χ1n) is 20.7. The Morgan fingerprint density at radius 3 is 1.16 bits per heavy atom. The third-order valence-corrected chi connectivity index (χ3v) is 8.52. The molecule has 1 atom stereocenters. The van der Waals surface area contributed by atoms with Gasteiger partial charge >= 0.3 is 11.9 Å². The number of ether oxygens (including phenoxy) is 8. The highest BCUT2D eigenvalue weighted by molar-refractivity contribution is 5.84. The van der Waals surface area contributed by atoms with Gasteiger partial charge in [0.25, 0.3) is 0 Å². The molecule has 0 rings (SSSR count). The van der Waals surface area contributed by atoms with E-state index in [-0.39, 0.29) is 37.4 Å². The Hall–Kier alpha value is -2.24. The molecule has 15 nitrogen and oxygen atoms in total. The van der Waals surface area contributed by atoms with Crippen molar-refractivity contribution in [2.75, 3.05) is 112 Å². The molecule has 15 heteroatoms. The summed E-state index contributed by atoms with van der Waals surface area (Å²) in [6.07, 6.45) is 13.5. The number of carboxylic acids is 2. The van der Waals surface area contributed by atoms with E-state index in [9.17, 15) is 24.3 Å². The molecule has 324 valence electrons. The van der Waals surface area contributed by atoms with Crippen LogP contribution in [0.4, 0.5) is 0 Å². The van der Waals surface area contributed by atoms with E-state index in [0.29, 0.717) is 119 Å². The summed E-state index contributed by atoms with van der Waals surface area (Å²) in [5.74, 6) is -2.95. The van der Waals surface area contributed by atoms with Crippen molar-refractivity contribution in [3.8, 4) is 0 Å². The fourth-order valence-corrected chi connectivity index (χ4v) is 5.40. The maximum absolute atomic E-state index is 12.4. The standard InChI is InChI=1S/C40H75NO14/c1-2-48-21-22-50-25-26-52-29-30-54-33-34-55-32-31-53-28-27-51-24-23-49-20-19-41-38(43)18-17-36(40(46)47)35-37(42)15-13-11-9-7-5-3-4-6-8-10-12-14-16-39(44)45/h36H,2-35H2,1H3,(H,41,43)(H,44,45)(H,46,47)/t36-/m1/s1. The van der Waals surface area contributed by atoms with Gasteiger partial charge < -0.3 is 53.4 Å². The number of nitrogens with one attached hydrogen (secondary N) is 1. The van der Waals surface area contributed by atoms with Gasteiger partial charge in [-0.2, -0.15) is 0 Å². The molecule has 55 heavy (non-hydrogen) atoms. The minimum atomic E-state index is -1.05. The van der Waals surface area contributed by atoms with E-state index in [1.165, 1.54) is 25.7 Å². The van der Waals surface area contributed by atoms with Crippen molar-refractivity contribution in [1.29, 1.82) is 0 Å². The van der Waals surface area contributed by atoms with Crippen LogP contribution in [0.25, 0.3) is 0 Å². The molecule has 0 unspecified atom stereocenters. The summed E-state index contributed by atoms with van der Waals surface area (Å²) in [6, 6.07) is 0. The van der Waals surface area contributed by atoms with Crippen LogP contribution in [0.1, 0.15) is 116 Å². The molecule has 0 aliphatic heterocycles. The number of carbonyl (C=O) groups is 4. The molecule has 0 saturated heterocycles. The molecular weight excluding hydrogens is 718 g/mol. The van der Waals surface area contributed by atoms with Crippen molar-refractivity contribution in [2.24, 2.45) is 5.92 Å². The van der Waals surface area contributed by atoms with Crippen molar-refractivity contribution >= 4 is 23.6 Å². The number of amides is 1. The lowest BCUT2D eigenvalue weighted by Crippen LogP contribution is -2.29. The Labute approximate surface area is 330 Å². The molecule has 0 aliphatic rings. The second-order valence-electron chi connectivity index (χ2n) is 13.3. The van der Waals surface area contributed by atoms with Gasteiger partial charge in [0.2, 0.25) is 5.91 Å². The first-order chi connectivity index (χ1) is 26.9. The normalized spacial score (nSPS) is 11.9. The molecule has 0 aromatic carbocycles. The second-order valence-corrected chi connectivity index (χ2v) is 13.3. The molecule has 0 aromatic rings. The van der Waals surface area contributed by atoms with Crippen LogP contribution >= 0.6 is 0 Å². The van der Waals surface area contributed by atoms with Gasteiger partial charge in [0.05, 0.1) is 105 Å². The fourth-order valence-electron chi connectivity index (χ4n) is 5.40. The van der Waals surface area contributed by atoms with Crippen molar-refractivity contribution < 1.29 is 67.3 Å². The van der Waals surface area contributed by atoms with Crippen molar-refractivity contribution in [3.63, 3.8) is 0 Å². The molecule has 3 N–H and O–H groups in total. The summed E-state index contributed by atoms with van der Waals surface area (Å²) in [5, 5.41) is 20.9. The van der Waals surface area contributed by atoms with Crippen LogP contribution in [-0.4, -0.2) is 146 Å². The topological polar surface area (TPSA) is 195 Å². The Bertz CT molecular complexity index is 894. The molecule has 0 radical (unpaired) electrons. The van der Waals surface area contributed by atoms with Gasteiger partial charge in [0.15, 0.2) is 0 Å². The molecule has 0 bridgehead atoms. The SMILES string of the molecule is CCOCCOCCOCCOCCOCCOCCOCCOCCNC(=O)CC[C@H](CC(=O)CCCCCCCCCCCCCCC(=O)O)C(=O)O. The number of ketones is 1. The highest BCUT2D eigenvalue weighted by atomic mass is 16.6. The van der Waals surface area contributed by atoms with E-state index in [2.05, 4.69) is 5.32 Å². The monoisotopic (exact) mass is 794 g/mol. The van der Waals surface area contributed by atoms with E-state index < -0.39 is 17.9 Å². The Morgan fingerprint density at radius 1 is 0.455 bits per heavy atom. The lowest BCUT2D eigenvalue weighted by Gasteiger charge is -2.12. The van der Waals surface area contributed by atoms with Crippen LogP contribution in [-0.2, 0) is 57.1 Å². The molecule has 0 fully saturated rings. The van der Waals surface area contributed by atoms with Gasteiger partial charge in [-0.15, -0.1) is 0 Å². The maximum atomic E-state index is 12.4. The smallest absolute Gasteiger partial charge is 0.306 e. The van der Waals surface area contributed by atoms with Crippen LogP contribution in [0.15, 0.2) is 0 Å². The summed E-state index contributed by atoms with van der Waals surface area (Å²) in [6.45, 7) is 10.0. The van der Waals surface area contributed by atoms with Crippen molar-refractivity contribution in [1.82, 2.24) is 5.32 Å². The summed E-state index contributed by atoms with van der Waals surface area (Å²) in [7, 11) is 0. The Morgan fingerprint density at radius 2 is 0.800 bits per heavy atom. The number of Topliss-reactive ketones (excluding diaryl/α,β-unsaturated/α-hetero) is 1. The zero-order chi connectivity index (χ0) is 40.3. The molecule has 0 spiro atoms. The average Bonchev–Trinajstić information content (AvgIpc) is 3.16. The number of unbranched alkanes of at least 4 members (excludes halogenated alkanes) is 11. The van der Waals surface area contributed by atoms with Crippen LogP contribution in [0, 0.1) is 5.92 Å². The predicted octanol–water partition coefficient (Wildman–Crippen LogP) is 5.24. The number of hydrogen-bond acceptors (Lipinski definition) is 12. The van der Waals surface area contributed by atoms with E-state index >= 15 is 0 Å². The van der Waals surface area contributed by atoms with E-state index in [0.717, 1.165) is 51.4 Å². The zero-order valence-electron chi connectivity index (χ0n) is 33.9. The van der Waals surface area contributed by atoms with Crippen LogP contribution in [0.5, 0.6) is 0 Å². The summed E-state index contributed by atoms with van der Waals surface area (Å²) < 4.78 is 43.3. The summed E-state index contributed by atoms with van der Waals surface area (Å²) in [4.78, 5) is 46.8. The minimum Gasteiger partial charge on any atom is -0.481 e. The summed E-state index contributed by atoms with van der Waals surface area (Å²) >= 11 is 0. The number of carbonyl (C=O) groups excluding carboxylic acids is 2. The first-order valence-corrected chi connectivity index (χ1v) is 20.7. The number of carboxylic acid groups (broad SMARTS) is 2. The Kier molecular flexibility index (Phi) is 41.1. The predicted molar refractivity (Wildman–Crippen MR) is 207 cm³/mol. The lowest BCUT2D eigenvalue weighted by atomic mass is 9.94. The van der Waals surface area contributed by atoms with Gasteiger partial charge in [-0.1, -0.05) is 64.2 Å². The largest absolute Gasteiger partial charge is 0.481 e. The first kappa shape index (κ1) is 52.8. The Balaban J connectivity index is 3.51. The van der Waals surface area contributed by atoms with Gasteiger partial charge in [-0.3, -0.25) is 19.2 Å². The molecule has 0 heterocycles. The minimum absolute atomic E-state index is 0.0404. The van der Waals surface area contributed by atoms with Gasteiger partial charge in [0, 0.05) is 38.8 Å². The highest BCUT2D eigenvalue weighted by Crippen LogP contribution is 2.17. The summed E-state index contributed by atoms with van der Waals surface area (Å²) in [5.41, 5.74) is 0. The van der Waals surface area contributed by atoms with Gasteiger partial charge in [-0.25, -0.2) is 0 Å². The van der Waals surface area contributed by atoms with Crippen molar-refractivity contribution in [3.05, 3.63) is 0 Å². The number of hydrogen-bond donors (Lipinski definition) is 3. The van der Waals surface area contributed by atoms with E-state index in [1.54, 1.807) is 0 Å². The van der Waals surface area contributed by atoms with Crippen LogP contribution in [0.3, 0.4) is 0 Å². The number of aliphatic carboxylic acids is 2. The van der Waals surface area contributed by atoms with Gasteiger partial charge in [0.1, 0.15) is 5.78 Å². The second kappa shape index (κ2) is 42.9. The van der Waals surface area contributed by atoms with Crippen LogP contribution in [0.2, 0.25) is 0 Å². The van der Waals surface area contributed by atoms with Crippen molar-refractivity contribution in [2.45, 2.75) is 116 Å². The molecule has 1 amide bonds. The fraction of sp³-hybridized carbons (Fsp3) is 0.900. The lowest BCUT2D eigenvalue weighted by molar-refractivity contribution is -0.144.